The Morgan fingerprint density at radius 2 is 1.75 bits per heavy atom. The first-order chi connectivity index (χ1) is 13.4. The molecule has 0 aromatic heterocycles. The van der Waals surface area contributed by atoms with Gasteiger partial charge in [-0.05, 0) is 20.8 Å². The fourth-order valence-electron chi connectivity index (χ4n) is 3.03. The minimum absolute atomic E-state index is 0.0122. The quantitative estimate of drug-likeness (QED) is 0.449. The molecule has 0 amide bonds. The number of hydrogen-bond donors (Lipinski definition) is 1. The van der Waals surface area contributed by atoms with Gasteiger partial charge in [0.1, 0.15) is 11.8 Å². The minimum atomic E-state index is -1.18. The van der Waals surface area contributed by atoms with Gasteiger partial charge < -0.3 is 14.8 Å². The predicted octanol–water partition coefficient (Wildman–Crippen LogP) is 2.46. The predicted molar refractivity (Wildman–Crippen MR) is 97.6 cm³/mol. The monoisotopic (exact) mass is 385 g/mol. The molecular weight excluding hydrogens is 366 g/mol. The van der Waals surface area contributed by atoms with Crippen molar-refractivity contribution in [3.05, 3.63) is 62.5 Å². The summed E-state index contributed by atoms with van der Waals surface area (Å²) in [4.78, 5) is 36.3. The number of nitrogens with one attached hydrogen (secondary N) is 1. The second-order valence-corrected chi connectivity index (χ2v) is 5.75. The van der Waals surface area contributed by atoms with Crippen LogP contribution in [0.15, 0.2) is 46.8 Å². The lowest BCUT2D eigenvalue weighted by Crippen LogP contribution is -2.33. The highest BCUT2D eigenvalue weighted by Crippen LogP contribution is 2.42. The van der Waals surface area contributed by atoms with Gasteiger partial charge in [-0.1, -0.05) is 18.2 Å². The van der Waals surface area contributed by atoms with E-state index in [1.54, 1.807) is 19.9 Å². The number of nitro groups is 1. The van der Waals surface area contributed by atoms with Crippen molar-refractivity contribution in [2.75, 3.05) is 13.2 Å². The second kappa shape index (κ2) is 8.81. The van der Waals surface area contributed by atoms with Crippen LogP contribution >= 0.6 is 0 Å². The minimum Gasteiger partial charge on any atom is -0.463 e. The smallest absolute Gasteiger partial charge is 0.337 e. The van der Waals surface area contributed by atoms with Gasteiger partial charge in [-0.3, -0.25) is 10.1 Å². The normalized spacial score (nSPS) is 16.1. The molecule has 0 bridgehead atoms. The summed E-state index contributed by atoms with van der Waals surface area (Å²) in [6.07, 6.45) is 0. The summed E-state index contributed by atoms with van der Waals surface area (Å²) in [6.45, 7) is 4.85. The highest BCUT2D eigenvalue weighted by atomic mass is 16.6. The van der Waals surface area contributed by atoms with Gasteiger partial charge in [0.15, 0.2) is 0 Å². The van der Waals surface area contributed by atoms with Crippen LogP contribution in [0, 0.1) is 21.4 Å². The van der Waals surface area contributed by atoms with Crippen molar-refractivity contribution in [1.29, 1.82) is 5.26 Å². The van der Waals surface area contributed by atoms with E-state index in [0.717, 1.165) is 0 Å². The number of hydrogen-bond acceptors (Lipinski definition) is 8. The van der Waals surface area contributed by atoms with Crippen LogP contribution in [0.25, 0.3) is 0 Å². The van der Waals surface area contributed by atoms with Crippen LogP contribution in [-0.2, 0) is 19.1 Å². The molecule has 1 N–H and O–H groups in total. The van der Waals surface area contributed by atoms with Crippen molar-refractivity contribution in [1.82, 2.24) is 5.32 Å². The lowest BCUT2D eigenvalue weighted by molar-refractivity contribution is -0.385. The molecular formula is C19H19N3O6. The summed E-state index contributed by atoms with van der Waals surface area (Å²) < 4.78 is 10.2. The van der Waals surface area contributed by atoms with Crippen LogP contribution in [0.4, 0.5) is 5.69 Å². The first kappa shape index (κ1) is 20.6. The summed E-state index contributed by atoms with van der Waals surface area (Å²) >= 11 is 0. The average Bonchev–Trinajstić information content (AvgIpc) is 2.67. The van der Waals surface area contributed by atoms with E-state index in [1.165, 1.54) is 25.1 Å². The third kappa shape index (κ3) is 3.86. The molecule has 0 radical (unpaired) electrons. The Morgan fingerprint density at radius 3 is 2.29 bits per heavy atom. The molecule has 2 rings (SSSR count). The SMILES string of the molecule is CCOC(=O)C1=C(C)NC(C#N)=C(C(=O)OCC)C1c1ccccc1[N+](=O)[O-]. The van der Waals surface area contributed by atoms with Crippen molar-refractivity contribution < 1.29 is 24.0 Å². The molecule has 0 spiro atoms. The van der Waals surface area contributed by atoms with E-state index in [-0.39, 0.29) is 47.0 Å². The topological polar surface area (TPSA) is 132 Å². The molecule has 0 saturated heterocycles. The molecule has 1 unspecified atom stereocenters. The number of carbonyl (C=O) groups is 2. The summed E-state index contributed by atoms with van der Waals surface area (Å²) in [5.74, 6) is -2.77. The zero-order valence-electron chi connectivity index (χ0n) is 15.6. The number of nitrogens with zero attached hydrogens (tertiary/aromatic N) is 2. The van der Waals surface area contributed by atoms with Crippen molar-refractivity contribution in [3.63, 3.8) is 0 Å². The van der Waals surface area contributed by atoms with E-state index in [0.29, 0.717) is 0 Å². The third-order valence-electron chi connectivity index (χ3n) is 4.11. The molecule has 1 atom stereocenters. The molecule has 0 fully saturated rings. The van der Waals surface area contributed by atoms with E-state index in [9.17, 15) is 25.0 Å². The molecule has 9 heteroatoms. The number of para-hydroxylation sites is 1. The molecule has 0 aliphatic carbocycles. The van der Waals surface area contributed by atoms with E-state index in [1.807, 2.05) is 6.07 Å². The first-order valence-corrected chi connectivity index (χ1v) is 8.56. The average molecular weight is 385 g/mol. The van der Waals surface area contributed by atoms with Crippen LogP contribution in [0.3, 0.4) is 0 Å². The van der Waals surface area contributed by atoms with Gasteiger partial charge in [0.05, 0.1) is 35.2 Å². The van der Waals surface area contributed by atoms with Gasteiger partial charge in [0.25, 0.3) is 5.69 Å². The summed E-state index contributed by atoms with van der Waals surface area (Å²) in [5, 5.41) is 23.8. The molecule has 1 aliphatic rings. The number of dihydropyridines is 1. The molecule has 28 heavy (non-hydrogen) atoms. The van der Waals surface area contributed by atoms with E-state index in [4.69, 9.17) is 9.47 Å². The fourth-order valence-corrected chi connectivity index (χ4v) is 3.03. The third-order valence-corrected chi connectivity index (χ3v) is 4.11. The van der Waals surface area contributed by atoms with Crippen molar-refractivity contribution in [2.45, 2.75) is 26.7 Å². The van der Waals surface area contributed by atoms with E-state index in [2.05, 4.69) is 5.32 Å². The Kier molecular flexibility index (Phi) is 6.50. The van der Waals surface area contributed by atoms with E-state index >= 15 is 0 Å². The first-order valence-electron chi connectivity index (χ1n) is 8.56. The van der Waals surface area contributed by atoms with Gasteiger partial charge in [-0.15, -0.1) is 0 Å². The maximum atomic E-state index is 12.6. The van der Waals surface area contributed by atoms with Crippen LogP contribution in [0.1, 0.15) is 32.3 Å². The van der Waals surface area contributed by atoms with Crippen molar-refractivity contribution in [2.24, 2.45) is 0 Å². The second-order valence-electron chi connectivity index (χ2n) is 5.75. The Labute approximate surface area is 161 Å². The largest absolute Gasteiger partial charge is 0.463 e. The molecule has 1 aromatic carbocycles. The number of benzene rings is 1. The molecule has 1 aromatic rings. The molecule has 146 valence electrons. The summed E-state index contributed by atoms with van der Waals surface area (Å²) in [7, 11) is 0. The number of ether oxygens (including phenoxy) is 2. The van der Waals surface area contributed by atoms with Gasteiger partial charge in [-0.2, -0.15) is 5.26 Å². The highest BCUT2D eigenvalue weighted by Gasteiger charge is 2.41. The van der Waals surface area contributed by atoms with Crippen LogP contribution < -0.4 is 5.32 Å². The Balaban J connectivity index is 2.82. The van der Waals surface area contributed by atoms with Crippen LogP contribution in [-0.4, -0.2) is 30.1 Å². The van der Waals surface area contributed by atoms with Gasteiger partial charge in [-0.25, -0.2) is 9.59 Å². The Hall–Kier alpha value is -3.67. The van der Waals surface area contributed by atoms with Crippen molar-refractivity contribution >= 4 is 17.6 Å². The molecule has 1 heterocycles. The van der Waals surface area contributed by atoms with Gasteiger partial charge in [0, 0.05) is 17.3 Å². The molecule has 1 aliphatic heterocycles. The summed E-state index contributed by atoms with van der Waals surface area (Å²) in [6, 6.07) is 7.61. The highest BCUT2D eigenvalue weighted by molar-refractivity contribution is 6.00. The molecule has 9 nitrogen and oxygen atoms in total. The molecule has 0 saturated carbocycles. The van der Waals surface area contributed by atoms with Crippen LogP contribution in [0.2, 0.25) is 0 Å². The number of nitriles is 1. The maximum Gasteiger partial charge on any atom is 0.337 e. The summed E-state index contributed by atoms with van der Waals surface area (Å²) in [5.41, 5.74) is -0.223. The lowest BCUT2D eigenvalue weighted by Gasteiger charge is -2.29. The number of allylic oxidation sites excluding steroid dienone is 2. The fraction of sp³-hybridized carbons (Fsp3) is 0.316. The maximum absolute atomic E-state index is 12.6. The van der Waals surface area contributed by atoms with Gasteiger partial charge >= 0.3 is 11.9 Å². The zero-order valence-corrected chi connectivity index (χ0v) is 15.6. The van der Waals surface area contributed by atoms with Crippen molar-refractivity contribution in [3.8, 4) is 6.07 Å². The standard InChI is InChI=1S/C19H19N3O6/c1-4-27-18(23)15-11(3)21-13(10-20)17(19(24)28-5-2)16(15)12-8-6-7-9-14(12)22(25)26/h6-9,16,21H,4-5H2,1-3H3. The number of esters is 2. The Bertz CT molecular complexity index is 926. The zero-order chi connectivity index (χ0) is 20.8. The Morgan fingerprint density at radius 1 is 1.18 bits per heavy atom. The van der Waals surface area contributed by atoms with E-state index < -0.39 is 22.8 Å². The van der Waals surface area contributed by atoms with Gasteiger partial charge in [0.2, 0.25) is 0 Å². The number of nitro benzene ring substituents is 1. The lowest BCUT2D eigenvalue weighted by atomic mass is 9.79. The van der Waals surface area contributed by atoms with Crippen LogP contribution in [0.5, 0.6) is 0 Å². The number of carbonyl (C=O) groups excluding carboxylic acids is 2. The number of rotatable bonds is 6.